The lowest BCUT2D eigenvalue weighted by Crippen LogP contribution is -2.53. The van der Waals surface area contributed by atoms with Crippen LogP contribution in [0.2, 0.25) is 0 Å². The minimum absolute atomic E-state index is 0.0994. The molecule has 0 bridgehead atoms. The Morgan fingerprint density at radius 3 is 2.83 bits per heavy atom. The molecule has 0 radical (unpaired) electrons. The summed E-state index contributed by atoms with van der Waals surface area (Å²) >= 11 is 0. The van der Waals surface area contributed by atoms with E-state index in [-0.39, 0.29) is 18.1 Å². The number of nitrogens with one attached hydrogen (secondary N) is 1. The molecule has 0 aromatic heterocycles. The molecule has 12 heavy (non-hydrogen) atoms. The highest BCUT2D eigenvalue weighted by Gasteiger charge is 2.30. The minimum Gasteiger partial charge on any atom is -0.391 e. The van der Waals surface area contributed by atoms with Crippen LogP contribution in [0.3, 0.4) is 0 Å². The molecule has 0 aromatic rings. The summed E-state index contributed by atoms with van der Waals surface area (Å²) in [4.78, 5) is 10.7. The van der Waals surface area contributed by atoms with Crippen molar-refractivity contribution in [1.82, 2.24) is 5.32 Å². The van der Waals surface area contributed by atoms with Crippen molar-refractivity contribution in [1.29, 1.82) is 0 Å². The van der Waals surface area contributed by atoms with Gasteiger partial charge in [-0.2, -0.15) is 0 Å². The number of aliphatic hydroxyl groups excluding tert-OH is 1. The molecule has 1 aliphatic heterocycles. The quantitative estimate of drug-likeness (QED) is 0.570. The molecule has 1 aliphatic rings. The standard InChI is InChI=1S/C8H15NO3/c1-5-8(9-6(2)10)7(11)3-4-12-5/h5,7-8,11H,3-4H2,1-2H3,(H,9,10)/t5-,7?,8?/m1/s1. The van der Waals surface area contributed by atoms with Crippen molar-refractivity contribution in [3.8, 4) is 0 Å². The summed E-state index contributed by atoms with van der Waals surface area (Å²) in [6.07, 6.45) is 0.0187. The van der Waals surface area contributed by atoms with Crippen LogP contribution in [0.5, 0.6) is 0 Å². The fourth-order valence-electron chi connectivity index (χ4n) is 1.42. The second-order valence-corrected chi connectivity index (χ2v) is 3.16. The first-order chi connectivity index (χ1) is 5.61. The monoisotopic (exact) mass is 173 g/mol. The maximum absolute atomic E-state index is 10.7. The molecule has 1 heterocycles. The Bertz CT molecular complexity index is 162. The first kappa shape index (κ1) is 9.48. The molecule has 0 aromatic carbocycles. The second-order valence-electron chi connectivity index (χ2n) is 3.16. The molecule has 4 heteroatoms. The van der Waals surface area contributed by atoms with Crippen LogP contribution in [0.25, 0.3) is 0 Å². The largest absolute Gasteiger partial charge is 0.391 e. The molecule has 1 rings (SSSR count). The van der Waals surface area contributed by atoms with Crippen LogP contribution in [-0.4, -0.2) is 35.9 Å². The van der Waals surface area contributed by atoms with Crippen LogP contribution in [0, 0.1) is 0 Å². The topological polar surface area (TPSA) is 58.6 Å². The smallest absolute Gasteiger partial charge is 0.217 e. The number of hydrogen-bond acceptors (Lipinski definition) is 3. The highest BCUT2D eigenvalue weighted by Crippen LogP contribution is 2.13. The highest BCUT2D eigenvalue weighted by atomic mass is 16.5. The summed E-state index contributed by atoms with van der Waals surface area (Å²) in [5.74, 6) is -0.128. The van der Waals surface area contributed by atoms with Crippen LogP contribution < -0.4 is 5.32 Å². The van der Waals surface area contributed by atoms with Crippen molar-refractivity contribution in [2.24, 2.45) is 0 Å². The van der Waals surface area contributed by atoms with E-state index in [0.29, 0.717) is 13.0 Å². The number of amides is 1. The molecule has 70 valence electrons. The van der Waals surface area contributed by atoms with E-state index in [1.807, 2.05) is 6.92 Å². The fourth-order valence-corrected chi connectivity index (χ4v) is 1.42. The highest BCUT2D eigenvalue weighted by molar-refractivity contribution is 5.73. The van der Waals surface area contributed by atoms with Gasteiger partial charge in [0, 0.05) is 13.5 Å². The first-order valence-corrected chi connectivity index (χ1v) is 4.18. The van der Waals surface area contributed by atoms with Crippen LogP contribution in [0.4, 0.5) is 0 Å². The van der Waals surface area contributed by atoms with Gasteiger partial charge in [0.05, 0.1) is 18.2 Å². The van der Waals surface area contributed by atoms with Gasteiger partial charge in [-0.3, -0.25) is 4.79 Å². The maximum Gasteiger partial charge on any atom is 0.217 e. The van der Waals surface area contributed by atoms with Gasteiger partial charge >= 0.3 is 0 Å². The molecule has 4 nitrogen and oxygen atoms in total. The van der Waals surface area contributed by atoms with E-state index in [0.717, 1.165) is 0 Å². The van der Waals surface area contributed by atoms with E-state index >= 15 is 0 Å². The number of hydrogen-bond donors (Lipinski definition) is 2. The Kier molecular flexibility index (Phi) is 3.05. The van der Waals surface area contributed by atoms with Crippen molar-refractivity contribution in [3.05, 3.63) is 0 Å². The van der Waals surface area contributed by atoms with Gasteiger partial charge in [-0.25, -0.2) is 0 Å². The third kappa shape index (κ3) is 2.19. The van der Waals surface area contributed by atoms with E-state index in [1.54, 1.807) is 0 Å². The van der Waals surface area contributed by atoms with E-state index < -0.39 is 6.10 Å². The Morgan fingerprint density at radius 2 is 2.33 bits per heavy atom. The third-order valence-corrected chi connectivity index (χ3v) is 2.08. The lowest BCUT2D eigenvalue weighted by Gasteiger charge is -2.33. The normalized spacial score (nSPS) is 36.1. The van der Waals surface area contributed by atoms with Crippen LogP contribution >= 0.6 is 0 Å². The zero-order valence-electron chi connectivity index (χ0n) is 7.41. The number of aliphatic hydroxyl groups is 1. The van der Waals surface area contributed by atoms with Gasteiger partial charge in [-0.05, 0) is 13.3 Å². The summed E-state index contributed by atoms with van der Waals surface area (Å²) in [7, 11) is 0. The zero-order valence-corrected chi connectivity index (χ0v) is 7.41. The van der Waals surface area contributed by atoms with Crippen LogP contribution in [-0.2, 0) is 9.53 Å². The fraction of sp³-hybridized carbons (Fsp3) is 0.875. The molecule has 3 atom stereocenters. The second kappa shape index (κ2) is 3.87. The summed E-state index contributed by atoms with van der Waals surface area (Å²) in [5, 5.41) is 12.2. The average molecular weight is 173 g/mol. The van der Waals surface area contributed by atoms with E-state index in [9.17, 15) is 9.90 Å². The molecule has 2 N–H and O–H groups in total. The van der Waals surface area contributed by atoms with Crippen molar-refractivity contribution in [3.63, 3.8) is 0 Å². The SMILES string of the molecule is CC(=O)NC1C(O)CCO[C@@H]1C. The lowest BCUT2D eigenvalue weighted by molar-refractivity contribution is -0.125. The first-order valence-electron chi connectivity index (χ1n) is 4.18. The van der Waals surface area contributed by atoms with Gasteiger partial charge in [-0.15, -0.1) is 0 Å². The molecule has 0 saturated carbocycles. The Balaban J connectivity index is 2.50. The molecular weight excluding hydrogens is 158 g/mol. The van der Waals surface area contributed by atoms with Crippen molar-refractivity contribution in [2.45, 2.75) is 38.5 Å². The minimum atomic E-state index is -0.474. The summed E-state index contributed by atoms with van der Waals surface area (Å²) in [6, 6.07) is -0.253. The Hall–Kier alpha value is -0.610. The van der Waals surface area contributed by atoms with Gasteiger partial charge in [0.25, 0.3) is 0 Å². The van der Waals surface area contributed by atoms with Gasteiger partial charge in [0.1, 0.15) is 0 Å². The van der Waals surface area contributed by atoms with Gasteiger partial charge in [0.15, 0.2) is 0 Å². The summed E-state index contributed by atoms with van der Waals surface area (Å²) < 4.78 is 5.29. The zero-order chi connectivity index (χ0) is 9.14. The Morgan fingerprint density at radius 1 is 1.67 bits per heavy atom. The summed E-state index contributed by atoms with van der Waals surface area (Å²) in [5.41, 5.74) is 0. The number of carbonyl (C=O) groups is 1. The third-order valence-electron chi connectivity index (χ3n) is 2.08. The molecule has 0 aliphatic carbocycles. The lowest BCUT2D eigenvalue weighted by atomic mass is 10.0. The van der Waals surface area contributed by atoms with Crippen molar-refractivity contribution >= 4 is 5.91 Å². The summed E-state index contributed by atoms with van der Waals surface area (Å²) in [6.45, 7) is 3.86. The predicted octanol–water partition coefficient (Wildman–Crippen LogP) is -0.339. The number of rotatable bonds is 1. The van der Waals surface area contributed by atoms with Gasteiger partial charge in [-0.1, -0.05) is 0 Å². The van der Waals surface area contributed by atoms with Crippen molar-refractivity contribution < 1.29 is 14.6 Å². The number of ether oxygens (including phenoxy) is 1. The van der Waals surface area contributed by atoms with Crippen LogP contribution in [0.15, 0.2) is 0 Å². The molecule has 1 saturated heterocycles. The molecular formula is C8H15NO3. The average Bonchev–Trinajstić information content (AvgIpc) is 1.97. The van der Waals surface area contributed by atoms with E-state index in [2.05, 4.69) is 5.32 Å². The molecule has 1 amide bonds. The van der Waals surface area contributed by atoms with Crippen LogP contribution in [0.1, 0.15) is 20.3 Å². The van der Waals surface area contributed by atoms with Gasteiger partial charge < -0.3 is 15.2 Å². The molecule has 1 fully saturated rings. The molecule has 2 unspecified atom stereocenters. The molecule has 0 spiro atoms. The number of carbonyl (C=O) groups excluding carboxylic acids is 1. The van der Waals surface area contributed by atoms with E-state index in [4.69, 9.17) is 4.74 Å². The maximum atomic E-state index is 10.7. The Labute approximate surface area is 71.9 Å². The van der Waals surface area contributed by atoms with Gasteiger partial charge in [0.2, 0.25) is 5.91 Å². The van der Waals surface area contributed by atoms with E-state index in [1.165, 1.54) is 6.92 Å². The van der Waals surface area contributed by atoms with Crippen molar-refractivity contribution in [2.75, 3.05) is 6.61 Å². The predicted molar refractivity (Wildman–Crippen MR) is 43.6 cm³/mol.